The number of nitrogens with zero attached hydrogens (tertiary/aromatic N) is 8. The van der Waals surface area contributed by atoms with Gasteiger partial charge in [-0.1, -0.05) is 31.2 Å². The first-order valence-corrected chi connectivity index (χ1v) is 40.8. The molecule has 2 aromatic heterocycles. The highest BCUT2D eigenvalue weighted by atomic mass is 16.6. The summed E-state index contributed by atoms with van der Waals surface area (Å²) in [6.07, 6.45) is 8.82. The van der Waals surface area contributed by atoms with Gasteiger partial charge in [-0.15, -0.1) is 10.2 Å². The second kappa shape index (κ2) is 40.0. The van der Waals surface area contributed by atoms with Crippen LogP contribution in [0.1, 0.15) is 184 Å². The molecule has 6 aromatic rings. The highest BCUT2D eigenvalue weighted by Gasteiger charge is 2.65. The summed E-state index contributed by atoms with van der Waals surface area (Å²) in [5.74, 6) is 1.37. The molecule has 4 N–H and O–H groups in total. The molecule has 2 heterocycles. The minimum absolute atomic E-state index is 0.0101. The maximum Gasteiger partial charge on any atom is 0.408 e. The highest BCUT2D eigenvalue weighted by Crippen LogP contribution is 2.69. The number of amides is 6. The Labute approximate surface area is 695 Å². The van der Waals surface area contributed by atoms with E-state index in [-0.39, 0.29) is 105 Å². The second-order valence-corrected chi connectivity index (χ2v) is 34.2. The number of carbonyl (C=O) groups excluding carboxylic acids is 9. The van der Waals surface area contributed by atoms with Crippen molar-refractivity contribution in [2.24, 2.45) is 46.3 Å². The molecule has 0 saturated heterocycles. The Hall–Kier alpha value is -11.2. The van der Waals surface area contributed by atoms with Gasteiger partial charge in [0.05, 0.1) is 90.9 Å². The standard InChI is InChI=1S/C87H118N12O20/c1-53(17-34-79(104)113-16)69-32-33-70-68-31-24-60-37-67(116-80(105)56-18-25-63(26-19-56)114-51-61-48-98(95-93-61)44-54(2)91-75(100)49-96(77(102)42-88-82(107)118-84(4,5)6)46-58-22-29-65(109-12)38-72(58)111-14)35-36-86(60,10)71(68)40-74(87(69,70)11)117-81(106)57-20-27-64(28-21-57)115-52-62-41-90-94-99(62)45-55(3)92-76(101)50-97(78(103)43-89-83(108)119-85(7,8)9)47-59-23-30-66(110-13)39-73(59)112-15/h18-23,25-30,38-39,41,48,53-55,60,67-71,74H,17,24,31-37,40,42-47,49-52H2,1-16H3,(H,88,107)(H,89,108)(H,91,100)(H,92,101)/t53-,54+,55+,60-,67-,68+,69-,70+,71+,74+,86+,87-/m1/s1. The van der Waals surface area contributed by atoms with Crippen LogP contribution < -0.4 is 49.7 Å². The molecule has 12 atom stereocenters. The van der Waals surface area contributed by atoms with E-state index in [9.17, 15) is 43.2 Å². The number of hydrogen-bond acceptors (Lipinski definition) is 24. The summed E-state index contributed by atoms with van der Waals surface area (Å²) in [4.78, 5) is 123. The first-order chi connectivity index (χ1) is 56.6. The Morgan fingerprint density at radius 3 is 1.65 bits per heavy atom. The molecule has 0 spiro atoms. The van der Waals surface area contributed by atoms with Crippen LogP contribution in [0.3, 0.4) is 0 Å². The Kier molecular flexibility index (Phi) is 30.3. The van der Waals surface area contributed by atoms with Crippen LogP contribution in [0.4, 0.5) is 9.59 Å². The topological polar surface area (TPSA) is 371 Å². The molecule has 4 aliphatic carbocycles. The second-order valence-electron chi connectivity index (χ2n) is 34.2. The Bertz CT molecular complexity index is 4500. The van der Waals surface area contributed by atoms with Gasteiger partial charge in [0.15, 0.2) is 0 Å². The van der Waals surface area contributed by atoms with E-state index < -0.39 is 90.2 Å². The van der Waals surface area contributed by atoms with Gasteiger partial charge in [-0.25, -0.2) is 23.9 Å². The van der Waals surface area contributed by atoms with Gasteiger partial charge in [0.2, 0.25) is 23.6 Å². The number of nitrogens with one attached hydrogen (secondary N) is 4. The summed E-state index contributed by atoms with van der Waals surface area (Å²) >= 11 is 0. The molecule has 646 valence electrons. The van der Waals surface area contributed by atoms with E-state index in [0.717, 1.165) is 32.1 Å². The van der Waals surface area contributed by atoms with Crippen LogP contribution in [0.2, 0.25) is 0 Å². The van der Waals surface area contributed by atoms with Gasteiger partial charge in [0.1, 0.15) is 89.9 Å². The zero-order valence-electron chi connectivity index (χ0n) is 71.4. The number of alkyl carbamates (subject to hydrolysis) is 2. The van der Waals surface area contributed by atoms with Crippen LogP contribution in [0.15, 0.2) is 97.3 Å². The van der Waals surface area contributed by atoms with Gasteiger partial charge in [-0.2, -0.15) is 0 Å². The number of hydrogen-bond donors (Lipinski definition) is 4. The fourth-order valence-corrected chi connectivity index (χ4v) is 17.8. The molecule has 10 rings (SSSR count). The zero-order chi connectivity index (χ0) is 86.1. The SMILES string of the molecule is COC(=O)CC[C@@H](C)[C@H]1CC[C@H]2[C@@H]3CC[C@@H]4C[C@H](OC(=O)c5ccc(OCc6cn(C[C@H](C)NC(=O)CN(Cc7ccc(OC)cc7OC)C(=O)CNC(=O)OC(C)(C)C)nn6)cc5)CC[C@]4(C)[C@H]3C[C@H](OC(=O)c3ccc(OCc4cnnn4C[C@H](C)NC(=O)CN(Cc4ccc(OC)cc4OC)C(=O)CNC(=O)OC(C)(C)C)cc3)[C@]12C. The molecule has 119 heavy (non-hydrogen) atoms. The summed E-state index contributed by atoms with van der Waals surface area (Å²) in [5.41, 5.74) is 1.03. The van der Waals surface area contributed by atoms with Crippen LogP contribution in [0.5, 0.6) is 34.5 Å². The Morgan fingerprint density at radius 1 is 0.588 bits per heavy atom. The predicted octanol–water partition coefficient (Wildman–Crippen LogP) is 10.8. The average molecular weight is 1650 g/mol. The summed E-state index contributed by atoms with van der Waals surface area (Å²) < 4.78 is 66.3. The summed E-state index contributed by atoms with van der Waals surface area (Å²) in [6, 6.07) is 23.0. The van der Waals surface area contributed by atoms with Crippen molar-refractivity contribution < 1.29 is 95.3 Å². The molecule has 4 saturated carbocycles. The lowest BCUT2D eigenvalue weighted by Gasteiger charge is -2.62. The van der Waals surface area contributed by atoms with Gasteiger partial charge in [-0.3, -0.25) is 28.7 Å². The van der Waals surface area contributed by atoms with Gasteiger partial charge in [0.25, 0.3) is 0 Å². The number of methoxy groups -OCH3 is 5. The van der Waals surface area contributed by atoms with Crippen LogP contribution >= 0.6 is 0 Å². The molecule has 0 radical (unpaired) electrons. The maximum absolute atomic E-state index is 14.7. The van der Waals surface area contributed by atoms with Crippen molar-refractivity contribution in [3.05, 3.63) is 131 Å². The molecule has 0 bridgehead atoms. The normalized spacial score (nSPS) is 21.3. The third-order valence-corrected chi connectivity index (χ3v) is 23.6. The summed E-state index contributed by atoms with van der Waals surface area (Å²) in [7, 11) is 7.45. The molecule has 4 aromatic carbocycles. The van der Waals surface area contributed by atoms with Crippen molar-refractivity contribution in [1.29, 1.82) is 0 Å². The summed E-state index contributed by atoms with van der Waals surface area (Å²) in [6.45, 7) is 19.8. The van der Waals surface area contributed by atoms with Gasteiger partial charge >= 0.3 is 30.1 Å². The third-order valence-electron chi connectivity index (χ3n) is 23.6. The molecule has 4 fully saturated rings. The molecular formula is C87H118N12O20. The quantitative estimate of drug-likeness (QED) is 0.0210. The van der Waals surface area contributed by atoms with E-state index in [4.69, 9.17) is 52.1 Å². The van der Waals surface area contributed by atoms with Crippen LogP contribution in [-0.4, -0.2) is 191 Å². The molecular weight excluding hydrogens is 1530 g/mol. The van der Waals surface area contributed by atoms with E-state index in [1.54, 1.807) is 162 Å². The van der Waals surface area contributed by atoms with Crippen molar-refractivity contribution >= 4 is 53.7 Å². The largest absolute Gasteiger partial charge is 0.497 e. The maximum atomic E-state index is 14.7. The molecule has 6 amide bonds. The van der Waals surface area contributed by atoms with Gasteiger partial charge in [0, 0.05) is 60.3 Å². The number of rotatable bonds is 36. The monoisotopic (exact) mass is 1650 g/mol. The minimum Gasteiger partial charge on any atom is -0.497 e. The summed E-state index contributed by atoms with van der Waals surface area (Å²) in [5, 5.41) is 27.8. The van der Waals surface area contributed by atoms with Crippen LogP contribution in [-0.2, 0) is 87.0 Å². The van der Waals surface area contributed by atoms with E-state index >= 15 is 0 Å². The zero-order valence-corrected chi connectivity index (χ0v) is 71.4. The first-order valence-electron chi connectivity index (χ1n) is 40.8. The lowest BCUT2D eigenvalue weighted by molar-refractivity contribution is -0.176. The molecule has 32 nitrogen and oxygen atoms in total. The lowest BCUT2D eigenvalue weighted by Crippen LogP contribution is -2.59. The van der Waals surface area contributed by atoms with Gasteiger partial charge < -0.3 is 83.2 Å². The smallest absolute Gasteiger partial charge is 0.408 e. The Morgan fingerprint density at radius 2 is 1.12 bits per heavy atom. The van der Waals surface area contributed by atoms with Crippen molar-refractivity contribution in [2.45, 2.75) is 215 Å². The number of carbonyl (C=O) groups is 9. The average Bonchev–Trinajstić information content (AvgIpc) is 1.64. The van der Waals surface area contributed by atoms with Crippen molar-refractivity contribution in [3.8, 4) is 34.5 Å². The number of aromatic nitrogens is 6. The number of benzene rings is 4. The van der Waals surface area contributed by atoms with Crippen molar-refractivity contribution in [2.75, 3.05) is 61.7 Å². The molecule has 4 aliphatic rings. The molecule has 0 unspecified atom stereocenters. The number of fused-ring (bicyclic) bond motifs is 5. The molecule has 0 aliphatic heterocycles. The number of ether oxygens (including phenoxy) is 11. The Balaban J connectivity index is 0.713. The first kappa shape index (κ1) is 90.1. The van der Waals surface area contributed by atoms with Crippen molar-refractivity contribution in [1.82, 2.24) is 61.1 Å². The van der Waals surface area contributed by atoms with Crippen LogP contribution in [0, 0.1) is 46.3 Å². The number of esters is 3. The highest BCUT2D eigenvalue weighted by molar-refractivity contribution is 5.91. The van der Waals surface area contributed by atoms with E-state index in [1.807, 2.05) is 0 Å². The molecule has 32 heteroatoms. The van der Waals surface area contributed by atoms with Crippen LogP contribution in [0.25, 0.3) is 0 Å². The predicted molar refractivity (Wildman–Crippen MR) is 435 cm³/mol. The minimum atomic E-state index is -0.793. The van der Waals surface area contributed by atoms with E-state index in [1.165, 1.54) is 45.3 Å². The third kappa shape index (κ3) is 24.1. The van der Waals surface area contributed by atoms with E-state index in [2.05, 4.69) is 62.7 Å². The van der Waals surface area contributed by atoms with E-state index in [0.29, 0.717) is 106 Å². The lowest BCUT2D eigenvalue weighted by atomic mass is 9.43. The van der Waals surface area contributed by atoms with Gasteiger partial charge in [-0.05, 0) is 227 Å². The fourth-order valence-electron chi connectivity index (χ4n) is 17.8. The fraction of sp³-hybridized carbons (Fsp3) is 0.575. The van der Waals surface area contributed by atoms with Crippen molar-refractivity contribution in [3.63, 3.8) is 0 Å².